The molecule has 0 unspecified atom stereocenters. The minimum atomic E-state index is -2.61. The fourth-order valence-corrected chi connectivity index (χ4v) is 3.31. The SMILES string of the molecule is CNC(=O)c1ccc(-c2sc(NC(=O)NCCC(=O)NCC(F)F)nc2C)cc1. The second-order valence-electron chi connectivity index (χ2n) is 5.92. The molecule has 1 aromatic heterocycles. The van der Waals surface area contributed by atoms with Crippen molar-refractivity contribution in [3.63, 3.8) is 0 Å². The van der Waals surface area contributed by atoms with E-state index < -0.39 is 24.9 Å². The van der Waals surface area contributed by atoms with Crippen molar-refractivity contribution in [1.82, 2.24) is 20.9 Å². The molecule has 156 valence electrons. The number of thiazole rings is 1. The Morgan fingerprint density at radius 1 is 1.14 bits per heavy atom. The van der Waals surface area contributed by atoms with Gasteiger partial charge >= 0.3 is 6.03 Å². The predicted octanol–water partition coefficient (Wildman–Crippen LogP) is 2.37. The second kappa shape index (κ2) is 10.5. The molecule has 2 aromatic rings. The number of hydrogen-bond donors (Lipinski definition) is 4. The molecular weight excluding hydrogens is 404 g/mol. The van der Waals surface area contributed by atoms with Crippen molar-refractivity contribution in [2.75, 3.05) is 25.5 Å². The van der Waals surface area contributed by atoms with E-state index in [1.807, 2.05) is 0 Å². The fourth-order valence-electron chi connectivity index (χ4n) is 2.35. The zero-order chi connectivity index (χ0) is 21.4. The van der Waals surface area contributed by atoms with Gasteiger partial charge in [-0.15, -0.1) is 0 Å². The van der Waals surface area contributed by atoms with Crippen molar-refractivity contribution in [1.29, 1.82) is 0 Å². The van der Waals surface area contributed by atoms with E-state index in [0.29, 0.717) is 16.4 Å². The summed E-state index contributed by atoms with van der Waals surface area (Å²) in [7, 11) is 1.56. The molecule has 8 nitrogen and oxygen atoms in total. The third kappa shape index (κ3) is 6.79. The number of aromatic nitrogens is 1. The number of amides is 4. The normalized spacial score (nSPS) is 10.5. The number of alkyl halides is 2. The van der Waals surface area contributed by atoms with Crippen molar-refractivity contribution in [3.8, 4) is 10.4 Å². The van der Waals surface area contributed by atoms with Gasteiger partial charge in [0, 0.05) is 25.6 Å². The van der Waals surface area contributed by atoms with Crippen LogP contribution in [0.15, 0.2) is 24.3 Å². The summed E-state index contributed by atoms with van der Waals surface area (Å²) in [6, 6.07) is 6.44. The van der Waals surface area contributed by atoms with Crippen molar-refractivity contribution in [2.24, 2.45) is 0 Å². The highest BCUT2D eigenvalue weighted by atomic mass is 32.1. The number of halogens is 2. The lowest BCUT2D eigenvalue weighted by Crippen LogP contribution is -2.34. The Balaban J connectivity index is 1.89. The van der Waals surface area contributed by atoms with Gasteiger partial charge in [0.05, 0.1) is 17.1 Å². The van der Waals surface area contributed by atoms with E-state index in [1.165, 1.54) is 11.3 Å². The molecule has 1 heterocycles. The summed E-state index contributed by atoms with van der Waals surface area (Å²) in [6.45, 7) is 1.09. The van der Waals surface area contributed by atoms with Crippen molar-refractivity contribution in [2.45, 2.75) is 19.8 Å². The van der Waals surface area contributed by atoms with Crippen LogP contribution in [0.5, 0.6) is 0 Å². The largest absolute Gasteiger partial charge is 0.355 e. The Labute approximate surface area is 170 Å². The molecule has 0 fully saturated rings. The van der Waals surface area contributed by atoms with E-state index in [1.54, 1.807) is 38.2 Å². The summed E-state index contributed by atoms with van der Waals surface area (Å²) in [5.74, 6) is -0.752. The van der Waals surface area contributed by atoms with Gasteiger partial charge in [0.2, 0.25) is 5.91 Å². The van der Waals surface area contributed by atoms with E-state index in [4.69, 9.17) is 0 Å². The fraction of sp³-hybridized carbons (Fsp3) is 0.333. The first-order valence-corrected chi connectivity index (χ1v) is 9.51. The molecule has 11 heteroatoms. The highest BCUT2D eigenvalue weighted by molar-refractivity contribution is 7.19. The minimum absolute atomic E-state index is 0.000919. The van der Waals surface area contributed by atoms with E-state index >= 15 is 0 Å². The molecule has 4 amide bonds. The molecule has 29 heavy (non-hydrogen) atoms. The molecule has 0 saturated heterocycles. The molecule has 0 aliphatic rings. The Morgan fingerprint density at radius 2 is 1.83 bits per heavy atom. The van der Waals surface area contributed by atoms with Crippen LogP contribution in [0, 0.1) is 6.92 Å². The number of nitrogens with one attached hydrogen (secondary N) is 4. The van der Waals surface area contributed by atoms with E-state index in [9.17, 15) is 23.2 Å². The standard InChI is InChI=1S/C18H21F2N5O3S/c1-10-15(11-3-5-12(6-4-11)16(27)21-2)29-18(24-10)25-17(28)22-8-7-14(26)23-9-13(19)20/h3-6,13H,7-9H2,1-2H3,(H,21,27)(H,23,26)(H2,22,24,25,28). The van der Waals surface area contributed by atoms with E-state index in [2.05, 4.69) is 26.3 Å². The monoisotopic (exact) mass is 425 g/mol. The van der Waals surface area contributed by atoms with E-state index in [0.717, 1.165) is 10.4 Å². The lowest BCUT2D eigenvalue weighted by molar-refractivity contribution is -0.121. The average Bonchev–Trinajstić information content (AvgIpc) is 3.05. The number of carbonyl (C=O) groups is 3. The van der Waals surface area contributed by atoms with Crippen LogP contribution in [0.2, 0.25) is 0 Å². The summed E-state index contributed by atoms with van der Waals surface area (Å²) >= 11 is 1.27. The van der Waals surface area contributed by atoms with Crippen molar-refractivity contribution >= 4 is 34.3 Å². The first kappa shape index (κ1) is 22.2. The van der Waals surface area contributed by atoms with Gasteiger partial charge in [0.15, 0.2) is 5.13 Å². The Hall–Kier alpha value is -3.08. The molecule has 0 atom stereocenters. The van der Waals surface area contributed by atoms with Crippen molar-refractivity contribution in [3.05, 3.63) is 35.5 Å². The number of aryl methyl sites for hydroxylation is 1. The van der Waals surface area contributed by atoms with E-state index in [-0.39, 0.29) is 18.9 Å². The Kier molecular flexibility index (Phi) is 8.01. The van der Waals surface area contributed by atoms with Gasteiger partial charge in [-0.3, -0.25) is 14.9 Å². The van der Waals surface area contributed by atoms with Gasteiger partial charge in [0.25, 0.3) is 12.3 Å². The third-order valence-electron chi connectivity index (χ3n) is 3.74. The van der Waals surface area contributed by atoms with Crippen LogP contribution in [-0.4, -0.2) is 49.4 Å². The Morgan fingerprint density at radius 3 is 2.45 bits per heavy atom. The molecule has 0 aliphatic carbocycles. The first-order chi connectivity index (χ1) is 13.8. The number of benzene rings is 1. The van der Waals surface area contributed by atoms with Gasteiger partial charge < -0.3 is 16.0 Å². The number of urea groups is 1. The maximum atomic E-state index is 12.0. The first-order valence-electron chi connectivity index (χ1n) is 8.69. The summed E-state index contributed by atoms with van der Waals surface area (Å²) in [5, 5.41) is 10.0. The van der Waals surface area contributed by atoms with Crippen molar-refractivity contribution < 1.29 is 23.2 Å². The maximum absolute atomic E-state index is 12.0. The van der Waals surface area contributed by atoms with Gasteiger partial charge in [0.1, 0.15) is 0 Å². The van der Waals surface area contributed by atoms with Gasteiger partial charge in [-0.2, -0.15) is 0 Å². The molecule has 0 radical (unpaired) electrons. The predicted molar refractivity (Wildman–Crippen MR) is 106 cm³/mol. The molecule has 0 spiro atoms. The van der Waals surface area contributed by atoms with Crippen LogP contribution in [0.3, 0.4) is 0 Å². The molecular formula is C18H21F2N5O3S. The molecule has 4 N–H and O–H groups in total. The second-order valence-corrected chi connectivity index (χ2v) is 6.92. The number of rotatable bonds is 8. The molecule has 0 saturated carbocycles. The van der Waals surface area contributed by atoms with Crippen LogP contribution >= 0.6 is 11.3 Å². The smallest absolute Gasteiger partial charge is 0.321 e. The summed E-state index contributed by atoms with van der Waals surface area (Å²) < 4.78 is 24.0. The third-order valence-corrected chi connectivity index (χ3v) is 4.87. The summed E-state index contributed by atoms with van der Waals surface area (Å²) in [4.78, 5) is 40.0. The summed E-state index contributed by atoms with van der Waals surface area (Å²) in [5.41, 5.74) is 2.11. The van der Waals surface area contributed by atoms with Gasteiger partial charge in [-0.05, 0) is 24.6 Å². The number of hydrogen-bond acceptors (Lipinski definition) is 5. The maximum Gasteiger partial charge on any atom is 0.321 e. The van der Waals surface area contributed by atoms with Crippen LogP contribution in [0.4, 0.5) is 18.7 Å². The highest BCUT2D eigenvalue weighted by Crippen LogP contribution is 2.32. The van der Waals surface area contributed by atoms with Gasteiger partial charge in [-0.1, -0.05) is 23.5 Å². The molecule has 2 rings (SSSR count). The molecule has 0 bridgehead atoms. The topological polar surface area (TPSA) is 112 Å². The van der Waals surface area contributed by atoms with Crippen LogP contribution < -0.4 is 21.3 Å². The zero-order valence-electron chi connectivity index (χ0n) is 15.8. The summed E-state index contributed by atoms with van der Waals surface area (Å²) in [6.07, 6.45) is -2.72. The average molecular weight is 425 g/mol. The Bertz CT molecular complexity index is 871. The quantitative estimate of drug-likeness (QED) is 0.520. The van der Waals surface area contributed by atoms with Crippen LogP contribution in [0.1, 0.15) is 22.5 Å². The van der Waals surface area contributed by atoms with Crippen LogP contribution in [0.25, 0.3) is 10.4 Å². The lowest BCUT2D eigenvalue weighted by Gasteiger charge is -2.06. The highest BCUT2D eigenvalue weighted by Gasteiger charge is 2.13. The number of carbonyl (C=O) groups excluding carboxylic acids is 3. The zero-order valence-corrected chi connectivity index (χ0v) is 16.7. The minimum Gasteiger partial charge on any atom is -0.355 e. The van der Waals surface area contributed by atoms with Gasteiger partial charge in [-0.25, -0.2) is 18.6 Å². The molecule has 0 aliphatic heterocycles. The van der Waals surface area contributed by atoms with Crippen LogP contribution in [-0.2, 0) is 4.79 Å². The number of nitrogens with zero attached hydrogens (tertiary/aromatic N) is 1. The number of anilines is 1. The molecule has 1 aromatic carbocycles. The lowest BCUT2D eigenvalue weighted by atomic mass is 10.1.